The van der Waals surface area contributed by atoms with Gasteiger partial charge in [-0.3, -0.25) is 0 Å². The fourth-order valence-corrected chi connectivity index (χ4v) is 3.54. The summed E-state index contributed by atoms with van der Waals surface area (Å²) in [6.45, 7) is 0. The molecule has 29 heavy (non-hydrogen) atoms. The minimum absolute atomic E-state index is 0.0679. The van der Waals surface area contributed by atoms with E-state index in [1.54, 1.807) is 35.4 Å². The van der Waals surface area contributed by atoms with E-state index in [0.29, 0.717) is 11.3 Å². The fourth-order valence-electron chi connectivity index (χ4n) is 3.54. The Labute approximate surface area is 167 Å². The van der Waals surface area contributed by atoms with Gasteiger partial charge in [-0.1, -0.05) is 0 Å². The van der Waals surface area contributed by atoms with Gasteiger partial charge in [0.2, 0.25) is 0 Å². The molecule has 5 rings (SSSR count). The zero-order valence-corrected chi connectivity index (χ0v) is 15.0. The summed E-state index contributed by atoms with van der Waals surface area (Å²) in [5, 5.41) is 20.6. The van der Waals surface area contributed by atoms with E-state index < -0.39 is 36.9 Å². The summed E-state index contributed by atoms with van der Waals surface area (Å²) in [5.74, 6) is -0.0570. The van der Waals surface area contributed by atoms with Crippen LogP contribution in [0.5, 0.6) is 11.6 Å². The van der Waals surface area contributed by atoms with Crippen LogP contribution < -0.4 is 10.1 Å². The number of phenolic OH excluding ortho intramolecular Hbond substituents is 1. The lowest BCUT2D eigenvalue weighted by molar-refractivity contribution is 0.0397. The molecule has 0 unspecified atom stereocenters. The van der Waals surface area contributed by atoms with Gasteiger partial charge in [-0.15, -0.1) is 10.2 Å². The average molecular weight is 402 g/mol. The number of aromatic nitrogens is 5. The number of nitrogens with one attached hydrogen (secondary N) is 1. The molecule has 2 fully saturated rings. The first-order valence-corrected chi connectivity index (χ1v) is 9.03. The standard InChI is InChI=1S/C19H18F2N6O2/c20-12-6-14-18(21)16(7-13(12)24-14)29-17-8-23-19(26-25-17)11-2-1-10(5-15(11)28)27-4-3-22-9-27/h1-5,8-9,12-14,16,18,24,28H,6-7H2/t12-,13+,14+,16-,18-/m1/s1/i13D,14D. The molecule has 2 bridgehead atoms. The predicted molar refractivity (Wildman–Crippen MR) is 98.2 cm³/mol. The molecule has 2 aliphatic rings. The van der Waals surface area contributed by atoms with Crippen molar-refractivity contribution in [3.05, 3.63) is 43.1 Å². The van der Waals surface area contributed by atoms with Gasteiger partial charge in [0.15, 0.2) is 12.0 Å². The summed E-state index contributed by atoms with van der Waals surface area (Å²) in [4.78, 5) is 8.07. The Morgan fingerprint density at radius 1 is 1.24 bits per heavy atom. The number of halogens is 2. The summed E-state index contributed by atoms with van der Waals surface area (Å²) in [6.07, 6.45) is 0.693. The van der Waals surface area contributed by atoms with Crippen molar-refractivity contribution >= 4 is 0 Å². The van der Waals surface area contributed by atoms with Crippen molar-refractivity contribution in [2.75, 3.05) is 0 Å². The zero-order valence-electron chi connectivity index (χ0n) is 17.0. The van der Waals surface area contributed by atoms with Gasteiger partial charge in [0, 0.05) is 39.7 Å². The Bertz CT molecular complexity index is 1110. The highest BCUT2D eigenvalue weighted by atomic mass is 19.1. The van der Waals surface area contributed by atoms with E-state index in [9.17, 15) is 13.9 Å². The van der Waals surface area contributed by atoms with Crippen molar-refractivity contribution in [2.45, 2.75) is 43.3 Å². The maximum absolute atomic E-state index is 14.8. The van der Waals surface area contributed by atoms with Crippen LogP contribution in [0.25, 0.3) is 17.1 Å². The molecule has 4 heterocycles. The van der Waals surface area contributed by atoms with Crippen molar-refractivity contribution in [3.8, 4) is 28.7 Å². The van der Waals surface area contributed by atoms with Gasteiger partial charge in [0.25, 0.3) is 5.88 Å². The van der Waals surface area contributed by atoms with E-state index in [4.69, 9.17) is 7.48 Å². The summed E-state index contributed by atoms with van der Waals surface area (Å²) < 4.78 is 52.3. The maximum atomic E-state index is 14.8. The van der Waals surface area contributed by atoms with Gasteiger partial charge in [-0.25, -0.2) is 18.7 Å². The Morgan fingerprint density at radius 2 is 2.14 bits per heavy atom. The second-order valence-corrected chi connectivity index (χ2v) is 6.90. The number of piperidine rings is 1. The highest BCUT2D eigenvalue weighted by Crippen LogP contribution is 2.33. The van der Waals surface area contributed by atoms with Crippen LogP contribution in [-0.2, 0) is 0 Å². The minimum atomic E-state index is -1.92. The number of alkyl halides is 2. The van der Waals surface area contributed by atoms with E-state index in [-0.39, 0.29) is 23.9 Å². The summed E-state index contributed by atoms with van der Waals surface area (Å²) in [5.41, 5.74) is 1.03. The van der Waals surface area contributed by atoms with Crippen molar-refractivity contribution < 1.29 is 21.4 Å². The number of hydrogen-bond donors (Lipinski definition) is 2. The number of aromatic hydroxyl groups is 1. The summed E-state index contributed by atoms with van der Waals surface area (Å²) in [6, 6.07) is 1.20. The highest BCUT2D eigenvalue weighted by molar-refractivity contribution is 5.65. The van der Waals surface area contributed by atoms with Crippen molar-refractivity contribution in [2.24, 2.45) is 0 Å². The molecular weight excluding hydrogens is 382 g/mol. The molecule has 0 aliphatic carbocycles. The van der Waals surface area contributed by atoms with Gasteiger partial charge in [0.1, 0.15) is 18.0 Å². The summed E-state index contributed by atoms with van der Waals surface area (Å²) in [7, 11) is 0. The quantitative estimate of drug-likeness (QED) is 0.689. The Morgan fingerprint density at radius 3 is 2.86 bits per heavy atom. The second-order valence-electron chi connectivity index (χ2n) is 6.90. The molecule has 3 aromatic rings. The van der Waals surface area contributed by atoms with Crippen molar-refractivity contribution in [1.29, 1.82) is 0 Å². The van der Waals surface area contributed by atoms with Crippen LogP contribution in [0.15, 0.2) is 43.1 Å². The van der Waals surface area contributed by atoms with Crippen molar-refractivity contribution in [3.63, 3.8) is 0 Å². The number of nitrogens with zero attached hydrogens (tertiary/aromatic N) is 5. The fraction of sp³-hybridized carbons (Fsp3) is 0.368. The lowest BCUT2D eigenvalue weighted by Gasteiger charge is -2.32. The second kappa shape index (κ2) is 7.03. The number of hydrogen-bond acceptors (Lipinski definition) is 7. The number of imidazole rings is 1. The SMILES string of the molecule is [2H][C@]12C[C@@H](Oc3cnc(-c4ccc(-n5ccnc5)cc4O)nn3)[C@H](F)[C@]([2H])(C[C@H]1F)N2. The Hall–Kier alpha value is -3.14. The van der Waals surface area contributed by atoms with Crippen molar-refractivity contribution in [1.82, 2.24) is 30.0 Å². The van der Waals surface area contributed by atoms with Crippen LogP contribution in [-0.4, -0.2) is 60.3 Å². The van der Waals surface area contributed by atoms with Crippen LogP contribution in [0.2, 0.25) is 0 Å². The third-order valence-electron chi connectivity index (χ3n) is 5.02. The molecule has 5 atom stereocenters. The van der Waals surface area contributed by atoms with Crippen LogP contribution in [0.1, 0.15) is 15.6 Å². The third kappa shape index (κ3) is 3.29. The molecule has 2 saturated heterocycles. The molecular formula is C19H18F2N6O2. The minimum Gasteiger partial charge on any atom is -0.507 e. The van der Waals surface area contributed by atoms with E-state index in [1.807, 2.05) is 0 Å². The number of rotatable bonds is 4. The Kier molecular flexibility index (Phi) is 3.82. The van der Waals surface area contributed by atoms with Crippen LogP contribution in [0, 0.1) is 0 Å². The molecule has 2 aliphatic heterocycles. The van der Waals surface area contributed by atoms with Gasteiger partial charge >= 0.3 is 0 Å². The lowest BCUT2D eigenvalue weighted by Crippen LogP contribution is -2.52. The van der Waals surface area contributed by atoms with Gasteiger partial charge < -0.3 is 19.7 Å². The molecule has 0 spiro atoms. The van der Waals surface area contributed by atoms with Gasteiger partial charge in [0.05, 0.1) is 23.8 Å². The lowest BCUT2D eigenvalue weighted by atomic mass is 10.0. The van der Waals surface area contributed by atoms with Crippen LogP contribution in [0.4, 0.5) is 8.78 Å². The molecule has 0 radical (unpaired) electrons. The van der Waals surface area contributed by atoms with E-state index in [0.717, 1.165) is 0 Å². The average Bonchev–Trinajstić information content (AvgIpc) is 3.33. The normalized spacial score (nSPS) is 34.5. The smallest absolute Gasteiger partial charge is 0.252 e. The van der Waals surface area contributed by atoms with Crippen LogP contribution >= 0.6 is 0 Å². The molecule has 2 aromatic heterocycles. The monoisotopic (exact) mass is 402 g/mol. The van der Waals surface area contributed by atoms with Gasteiger partial charge in [-0.2, -0.15) is 0 Å². The zero-order chi connectivity index (χ0) is 21.8. The third-order valence-corrected chi connectivity index (χ3v) is 5.02. The molecule has 2 N–H and O–H groups in total. The first-order valence-electron chi connectivity index (χ1n) is 10.0. The number of fused-ring (bicyclic) bond motifs is 2. The van der Waals surface area contributed by atoms with Crippen LogP contribution in [0.3, 0.4) is 0 Å². The molecule has 150 valence electrons. The Balaban J connectivity index is 1.34. The first-order chi connectivity index (χ1) is 14.8. The topological polar surface area (TPSA) is 98.0 Å². The summed E-state index contributed by atoms with van der Waals surface area (Å²) >= 11 is 0. The molecule has 0 amide bonds. The molecule has 0 saturated carbocycles. The van der Waals surface area contributed by atoms with E-state index in [1.165, 1.54) is 12.3 Å². The highest BCUT2D eigenvalue weighted by Gasteiger charge is 2.48. The van der Waals surface area contributed by atoms with E-state index in [2.05, 4.69) is 25.5 Å². The number of benzene rings is 1. The number of ether oxygens (including phenoxy) is 1. The first kappa shape index (κ1) is 15.7. The molecule has 1 aromatic carbocycles. The molecule has 8 nitrogen and oxygen atoms in total. The number of phenols is 1. The largest absolute Gasteiger partial charge is 0.507 e. The maximum Gasteiger partial charge on any atom is 0.252 e. The predicted octanol–water partition coefficient (Wildman–Crippen LogP) is 1.99. The van der Waals surface area contributed by atoms with Gasteiger partial charge in [-0.05, 0) is 18.6 Å². The molecule has 10 heteroatoms. The van der Waals surface area contributed by atoms with E-state index >= 15 is 0 Å².